The van der Waals surface area contributed by atoms with E-state index >= 15 is 0 Å². The van der Waals surface area contributed by atoms with Gasteiger partial charge in [-0.1, -0.05) is 20.8 Å². The van der Waals surface area contributed by atoms with Crippen molar-refractivity contribution in [2.24, 2.45) is 11.8 Å². The second-order valence-electron chi connectivity index (χ2n) is 6.70. The van der Waals surface area contributed by atoms with Crippen LogP contribution in [0, 0.1) is 11.8 Å². The molecule has 0 radical (unpaired) electrons. The molecule has 1 aromatic rings. The molecule has 0 spiro atoms. The first kappa shape index (κ1) is 21.2. The van der Waals surface area contributed by atoms with Crippen molar-refractivity contribution < 1.29 is 13.2 Å². The molecule has 1 saturated heterocycles. The first-order valence-corrected chi connectivity index (χ1v) is 9.82. The molecule has 0 saturated carbocycles. The first-order valence-electron chi connectivity index (χ1n) is 8.34. The Morgan fingerprint density at radius 1 is 1.29 bits per heavy atom. The predicted molar refractivity (Wildman–Crippen MR) is 99.4 cm³/mol. The van der Waals surface area contributed by atoms with Gasteiger partial charge in [-0.15, -0.1) is 12.4 Å². The number of hydrogen-bond acceptors (Lipinski definition) is 4. The van der Waals surface area contributed by atoms with Crippen LogP contribution in [0.1, 0.15) is 33.6 Å². The molecule has 5 nitrogen and oxygen atoms in total. The highest BCUT2D eigenvalue weighted by Crippen LogP contribution is 2.19. The number of piperidine rings is 1. The average molecular weight is 377 g/mol. The van der Waals surface area contributed by atoms with Crippen molar-refractivity contribution in [2.75, 3.05) is 19.7 Å². The molecule has 1 aliphatic heterocycles. The summed E-state index contributed by atoms with van der Waals surface area (Å²) < 4.78 is 33.4. The van der Waals surface area contributed by atoms with Crippen molar-refractivity contribution in [2.45, 2.75) is 44.6 Å². The van der Waals surface area contributed by atoms with Gasteiger partial charge in [-0.05, 0) is 62.0 Å². The maximum atomic E-state index is 12.5. The molecule has 1 fully saturated rings. The molecule has 1 aromatic carbocycles. The van der Waals surface area contributed by atoms with Crippen molar-refractivity contribution >= 4 is 22.4 Å². The lowest BCUT2D eigenvalue weighted by atomic mass is 9.97. The molecule has 138 valence electrons. The summed E-state index contributed by atoms with van der Waals surface area (Å²) in [4.78, 5) is 0.291. The van der Waals surface area contributed by atoms with Crippen LogP contribution in [0.2, 0.25) is 0 Å². The van der Waals surface area contributed by atoms with Crippen LogP contribution in [0.3, 0.4) is 0 Å². The summed E-state index contributed by atoms with van der Waals surface area (Å²) in [6.45, 7) is 8.69. The van der Waals surface area contributed by atoms with Gasteiger partial charge in [-0.3, -0.25) is 0 Å². The fourth-order valence-corrected chi connectivity index (χ4v) is 3.96. The standard InChI is InChI=1S/C17H28N2O3S.ClH/c1-13(2)9-11-22-15-4-6-16(7-5-15)23(20,21)19-17-8-10-18-12-14(17)3;/h4-7,13-14,17-19H,8-12H2,1-3H3;1H. The third kappa shape index (κ3) is 6.24. The summed E-state index contributed by atoms with van der Waals surface area (Å²) in [6, 6.07) is 6.65. The summed E-state index contributed by atoms with van der Waals surface area (Å²) in [6.07, 6.45) is 1.80. The quantitative estimate of drug-likeness (QED) is 0.767. The maximum absolute atomic E-state index is 12.5. The Morgan fingerprint density at radius 3 is 2.54 bits per heavy atom. The van der Waals surface area contributed by atoms with E-state index in [1.807, 2.05) is 0 Å². The molecule has 1 heterocycles. The Morgan fingerprint density at radius 2 is 1.96 bits per heavy atom. The molecule has 0 aromatic heterocycles. The molecule has 1 aliphatic rings. The van der Waals surface area contributed by atoms with Crippen molar-refractivity contribution in [1.82, 2.24) is 10.0 Å². The molecule has 0 aliphatic carbocycles. The highest BCUT2D eigenvalue weighted by atomic mass is 35.5. The molecule has 0 amide bonds. The highest BCUT2D eigenvalue weighted by molar-refractivity contribution is 7.89. The number of benzene rings is 1. The van der Waals surface area contributed by atoms with Gasteiger partial charge in [-0.25, -0.2) is 13.1 Å². The van der Waals surface area contributed by atoms with Gasteiger partial charge in [-0.2, -0.15) is 0 Å². The molecular weight excluding hydrogens is 348 g/mol. The normalized spacial score (nSPS) is 21.3. The number of halogens is 1. The van der Waals surface area contributed by atoms with Crippen molar-refractivity contribution in [3.05, 3.63) is 24.3 Å². The second-order valence-corrected chi connectivity index (χ2v) is 8.41. The van der Waals surface area contributed by atoms with Crippen LogP contribution >= 0.6 is 12.4 Å². The van der Waals surface area contributed by atoms with Crippen LogP contribution in [0.25, 0.3) is 0 Å². The van der Waals surface area contributed by atoms with E-state index in [4.69, 9.17) is 4.74 Å². The zero-order valence-corrected chi connectivity index (χ0v) is 16.3. The van der Waals surface area contributed by atoms with E-state index in [0.717, 1.165) is 25.9 Å². The van der Waals surface area contributed by atoms with Gasteiger partial charge in [0.25, 0.3) is 0 Å². The van der Waals surface area contributed by atoms with Crippen LogP contribution in [-0.2, 0) is 10.0 Å². The van der Waals surface area contributed by atoms with Crippen molar-refractivity contribution in [3.8, 4) is 5.75 Å². The fourth-order valence-electron chi connectivity index (χ4n) is 2.58. The lowest BCUT2D eigenvalue weighted by Gasteiger charge is -2.29. The van der Waals surface area contributed by atoms with E-state index in [2.05, 4.69) is 30.8 Å². The largest absolute Gasteiger partial charge is 0.494 e. The van der Waals surface area contributed by atoms with E-state index in [9.17, 15) is 8.42 Å². The van der Waals surface area contributed by atoms with E-state index < -0.39 is 10.0 Å². The smallest absolute Gasteiger partial charge is 0.240 e. The third-order valence-corrected chi connectivity index (χ3v) is 5.70. The Bertz CT molecular complexity index is 590. The maximum Gasteiger partial charge on any atom is 0.240 e. The van der Waals surface area contributed by atoms with Crippen LogP contribution in [-0.4, -0.2) is 34.2 Å². The van der Waals surface area contributed by atoms with Gasteiger partial charge >= 0.3 is 0 Å². The van der Waals surface area contributed by atoms with Crippen LogP contribution in [0.4, 0.5) is 0 Å². The van der Waals surface area contributed by atoms with Crippen LogP contribution in [0.5, 0.6) is 5.75 Å². The van der Waals surface area contributed by atoms with Gasteiger partial charge in [0, 0.05) is 6.04 Å². The number of ether oxygens (including phenoxy) is 1. The number of hydrogen-bond donors (Lipinski definition) is 2. The number of sulfonamides is 1. The molecule has 2 rings (SSSR count). The molecule has 0 bridgehead atoms. The van der Waals surface area contributed by atoms with Gasteiger partial charge < -0.3 is 10.1 Å². The molecule has 2 N–H and O–H groups in total. The molecule has 2 atom stereocenters. The van der Waals surface area contributed by atoms with Crippen LogP contribution in [0.15, 0.2) is 29.2 Å². The lowest BCUT2D eigenvalue weighted by Crippen LogP contribution is -2.48. The van der Waals surface area contributed by atoms with Gasteiger partial charge in [0.05, 0.1) is 11.5 Å². The molecular formula is C17H29ClN2O3S. The predicted octanol–water partition coefficient (Wildman–Crippen LogP) is 2.81. The summed E-state index contributed by atoms with van der Waals surface area (Å²) in [5.74, 6) is 1.59. The van der Waals surface area contributed by atoms with E-state index in [0.29, 0.717) is 23.2 Å². The van der Waals surface area contributed by atoms with Crippen molar-refractivity contribution in [1.29, 1.82) is 0 Å². The Labute approximate surface area is 152 Å². The van der Waals surface area contributed by atoms with Gasteiger partial charge in [0.15, 0.2) is 0 Å². The highest BCUT2D eigenvalue weighted by Gasteiger charge is 2.26. The summed E-state index contributed by atoms with van der Waals surface area (Å²) in [5, 5.41) is 3.27. The summed E-state index contributed by atoms with van der Waals surface area (Å²) in [5.41, 5.74) is 0. The van der Waals surface area contributed by atoms with Gasteiger partial charge in [0.2, 0.25) is 10.0 Å². The lowest BCUT2D eigenvalue weighted by molar-refractivity contribution is 0.289. The molecule has 24 heavy (non-hydrogen) atoms. The van der Waals surface area contributed by atoms with Gasteiger partial charge in [0.1, 0.15) is 5.75 Å². The fraction of sp³-hybridized carbons (Fsp3) is 0.647. The van der Waals surface area contributed by atoms with E-state index in [1.165, 1.54) is 0 Å². The molecule has 7 heteroatoms. The average Bonchev–Trinajstić information content (AvgIpc) is 2.50. The number of nitrogens with one attached hydrogen (secondary N) is 2. The van der Waals surface area contributed by atoms with E-state index in [1.54, 1.807) is 24.3 Å². The zero-order valence-electron chi connectivity index (χ0n) is 14.6. The first-order chi connectivity index (χ1) is 10.9. The minimum atomic E-state index is -3.48. The van der Waals surface area contributed by atoms with E-state index in [-0.39, 0.29) is 24.4 Å². The monoisotopic (exact) mass is 376 g/mol. The SMILES string of the molecule is CC(C)CCOc1ccc(S(=O)(=O)NC2CCNCC2C)cc1.Cl. The Balaban J connectivity index is 0.00000288. The zero-order chi connectivity index (χ0) is 16.9. The third-order valence-electron chi connectivity index (χ3n) is 4.19. The summed E-state index contributed by atoms with van der Waals surface area (Å²) in [7, 11) is -3.48. The van der Waals surface area contributed by atoms with Crippen molar-refractivity contribution in [3.63, 3.8) is 0 Å². The summed E-state index contributed by atoms with van der Waals surface area (Å²) >= 11 is 0. The second kappa shape index (κ2) is 9.61. The Kier molecular flexibility index (Phi) is 8.50. The molecule has 2 unspecified atom stereocenters. The minimum absolute atomic E-state index is 0. The topological polar surface area (TPSA) is 67.4 Å². The number of rotatable bonds is 7. The Hall–Kier alpha value is -0.820. The minimum Gasteiger partial charge on any atom is -0.494 e. The van der Waals surface area contributed by atoms with Crippen LogP contribution < -0.4 is 14.8 Å².